The molecule has 4 heteroatoms. The van der Waals surface area contributed by atoms with Gasteiger partial charge < -0.3 is 9.64 Å². The Labute approximate surface area is 93.6 Å². The molecular formula is C11H12ClNO2. The Morgan fingerprint density at radius 2 is 2.00 bits per heavy atom. The van der Waals surface area contributed by atoms with E-state index in [2.05, 4.69) is 0 Å². The van der Waals surface area contributed by atoms with Crippen LogP contribution in [0.5, 0.6) is 5.75 Å². The number of nitrogens with zero attached hydrogens (tertiary/aromatic N) is 1. The summed E-state index contributed by atoms with van der Waals surface area (Å²) >= 11 is 6.24. The number of methoxy groups -OCH3 is 1. The molecule has 0 aliphatic carbocycles. The number of ether oxygens (including phenoxy) is 1. The maximum Gasteiger partial charge on any atom is 0.249 e. The minimum absolute atomic E-state index is 0.0469. The van der Waals surface area contributed by atoms with Crippen molar-refractivity contribution in [3.8, 4) is 5.75 Å². The Balaban J connectivity index is 2.27. The summed E-state index contributed by atoms with van der Waals surface area (Å²) in [7, 11) is 3.35. The Bertz CT molecular complexity index is 390. The van der Waals surface area contributed by atoms with E-state index < -0.39 is 4.87 Å². The molecular weight excluding hydrogens is 214 g/mol. The van der Waals surface area contributed by atoms with Gasteiger partial charge in [-0.2, -0.15) is 0 Å². The SMILES string of the molecule is COc1ccc(C2(Cl)CN(C)C2=O)cc1. The van der Waals surface area contributed by atoms with E-state index in [0.717, 1.165) is 11.3 Å². The zero-order chi connectivity index (χ0) is 11.1. The molecule has 0 spiro atoms. The number of hydrogen-bond donors (Lipinski definition) is 0. The monoisotopic (exact) mass is 225 g/mol. The minimum atomic E-state index is -0.860. The second-order valence-electron chi connectivity index (χ2n) is 3.69. The molecule has 1 atom stereocenters. The summed E-state index contributed by atoms with van der Waals surface area (Å²) in [6.07, 6.45) is 0. The van der Waals surface area contributed by atoms with Crippen LogP contribution in [0.25, 0.3) is 0 Å². The van der Waals surface area contributed by atoms with Crippen LogP contribution in [0.3, 0.4) is 0 Å². The molecule has 3 nitrogen and oxygen atoms in total. The van der Waals surface area contributed by atoms with E-state index in [4.69, 9.17) is 16.3 Å². The molecule has 1 aromatic carbocycles. The highest BCUT2D eigenvalue weighted by Crippen LogP contribution is 2.39. The molecule has 1 saturated heterocycles. The number of β-lactam (4-membered cyclic amide) rings is 1. The first kappa shape index (κ1) is 10.3. The molecule has 80 valence electrons. The van der Waals surface area contributed by atoms with Crippen molar-refractivity contribution in [3.05, 3.63) is 29.8 Å². The molecule has 15 heavy (non-hydrogen) atoms. The van der Waals surface area contributed by atoms with Crippen molar-refractivity contribution in [2.75, 3.05) is 20.7 Å². The van der Waals surface area contributed by atoms with Crippen LogP contribution in [-0.4, -0.2) is 31.5 Å². The summed E-state index contributed by atoms with van der Waals surface area (Å²) in [4.78, 5) is 12.3. The molecule has 0 aromatic heterocycles. The van der Waals surface area contributed by atoms with Crippen LogP contribution >= 0.6 is 11.6 Å². The average Bonchev–Trinajstić information content (AvgIpc) is 2.28. The first-order valence-corrected chi connectivity index (χ1v) is 5.05. The fraction of sp³-hybridized carbons (Fsp3) is 0.364. The van der Waals surface area contributed by atoms with Gasteiger partial charge in [-0.25, -0.2) is 0 Å². The van der Waals surface area contributed by atoms with Gasteiger partial charge in [0.25, 0.3) is 0 Å². The van der Waals surface area contributed by atoms with Crippen LogP contribution < -0.4 is 4.74 Å². The number of amides is 1. The Morgan fingerprint density at radius 3 is 2.40 bits per heavy atom. The van der Waals surface area contributed by atoms with E-state index in [1.54, 1.807) is 19.1 Å². The molecule has 1 unspecified atom stereocenters. The summed E-state index contributed by atoms with van der Waals surface area (Å²) in [6.45, 7) is 0.555. The number of rotatable bonds is 2. The Kier molecular flexibility index (Phi) is 2.35. The number of carbonyl (C=O) groups excluding carboxylic acids is 1. The van der Waals surface area contributed by atoms with Gasteiger partial charge in [-0.15, -0.1) is 11.6 Å². The Hall–Kier alpha value is -1.22. The lowest BCUT2D eigenvalue weighted by Crippen LogP contribution is -2.59. The normalized spacial score (nSPS) is 25.0. The second-order valence-corrected chi connectivity index (χ2v) is 4.34. The second kappa shape index (κ2) is 3.42. The molecule has 2 rings (SSSR count). The molecule has 1 heterocycles. The van der Waals surface area contributed by atoms with Crippen molar-refractivity contribution in [2.45, 2.75) is 4.87 Å². The van der Waals surface area contributed by atoms with Crippen LogP contribution in [-0.2, 0) is 9.67 Å². The number of hydrogen-bond acceptors (Lipinski definition) is 2. The molecule has 0 bridgehead atoms. The summed E-state index contributed by atoms with van der Waals surface area (Å²) in [5, 5.41) is 0. The van der Waals surface area contributed by atoms with Crippen LogP contribution in [0.4, 0.5) is 0 Å². The fourth-order valence-electron chi connectivity index (χ4n) is 1.75. The molecule has 0 saturated carbocycles. The van der Waals surface area contributed by atoms with Crippen molar-refractivity contribution in [3.63, 3.8) is 0 Å². The van der Waals surface area contributed by atoms with Gasteiger partial charge in [-0.3, -0.25) is 4.79 Å². The lowest BCUT2D eigenvalue weighted by atomic mass is 9.90. The van der Waals surface area contributed by atoms with Crippen molar-refractivity contribution in [1.82, 2.24) is 4.90 Å². The third kappa shape index (κ3) is 1.47. The highest BCUT2D eigenvalue weighted by atomic mass is 35.5. The first-order chi connectivity index (χ1) is 7.08. The van der Waals surface area contributed by atoms with Gasteiger partial charge in [0, 0.05) is 7.05 Å². The molecule has 1 aliphatic heterocycles. The van der Waals surface area contributed by atoms with Crippen molar-refractivity contribution in [2.24, 2.45) is 0 Å². The van der Waals surface area contributed by atoms with E-state index in [-0.39, 0.29) is 5.91 Å². The van der Waals surface area contributed by atoms with Gasteiger partial charge >= 0.3 is 0 Å². The number of likely N-dealkylation sites (N-methyl/N-ethyl adjacent to an activating group) is 1. The smallest absolute Gasteiger partial charge is 0.249 e. The summed E-state index contributed by atoms with van der Waals surface area (Å²) in [5.74, 6) is 0.716. The van der Waals surface area contributed by atoms with E-state index in [1.165, 1.54) is 0 Å². The summed E-state index contributed by atoms with van der Waals surface area (Å²) in [5.41, 5.74) is 0.827. The lowest BCUT2D eigenvalue weighted by molar-refractivity contribution is -0.143. The van der Waals surface area contributed by atoms with Crippen molar-refractivity contribution < 1.29 is 9.53 Å². The molecule has 1 aromatic rings. The molecule has 0 N–H and O–H groups in total. The average molecular weight is 226 g/mol. The van der Waals surface area contributed by atoms with Gasteiger partial charge in [0.2, 0.25) is 5.91 Å². The lowest BCUT2D eigenvalue weighted by Gasteiger charge is -2.42. The van der Waals surface area contributed by atoms with Gasteiger partial charge in [0.05, 0.1) is 13.7 Å². The predicted octanol–water partition coefficient (Wildman–Crippen LogP) is 1.60. The third-order valence-corrected chi connectivity index (χ3v) is 3.19. The number of alkyl halides is 1. The maximum absolute atomic E-state index is 11.6. The van der Waals surface area contributed by atoms with Gasteiger partial charge in [-0.1, -0.05) is 12.1 Å². The summed E-state index contributed by atoms with van der Waals surface area (Å²) in [6, 6.07) is 7.28. The highest BCUT2D eigenvalue weighted by molar-refractivity contribution is 6.37. The maximum atomic E-state index is 11.6. The topological polar surface area (TPSA) is 29.5 Å². The van der Waals surface area contributed by atoms with Gasteiger partial charge in [0.15, 0.2) is 4.87 Å². The van der Waals surface area contributed by atoms with Crippen molar-refractivity contribution >= 4 is 17.5 Å². The predicted molar refractivity (Wildman–Crippen MR) is 58.2 cm³/mol. The van der Waals surface area contributed by atoms with E-state index in [1.807, 2.05) is 24.3 Å². The van der Waals surface area contributed by atoms with Gasteiger partial charge in [-0.05, 0) is 17.7 Å². The van der Waals surface area contributed by atoms with Gasteiger partial charge in [0.1, 0.15) is 5.75 Å². The van der Waals surface area contributed by atoms with Crippen LogP contribution in [0.2, 0.25) is 0 Å². The number of halogens is 1. The minimum Gasteiger partial charge on any atom is -0.497 e. The highest BCUT2D eigenvalue weighted by Gasteiger charge is 2.50. The molecule has 1 fully saturated rings. The molecule has 1 amide bonds. The quantitative estimate of drug-likeness (QED) is 0.565. The Morgan fingerprint density at radius 1 is 1.40 bits per heavy atom. The van der Waals surface area contributed by atoms with Crippen molar-refractivity contribution in [1.29, 1.82) is 0 Å². The van der Waals surface area contributed by atoms with E-state index in [0.29, 0.717) is 6.54 Å². The number of likely N-dealkylation sites (tertiary alicyclic amines) is 1. The van der Waals surface area contributed by atoms with E-state index in [9.17, 15) is 4.79 Å². The standard InChI is InChI=1S/C11H12ClNO2/c1-13-7-11(12,10(13)14)8-3-5-9(15-2)6-4-8/h3-6H,7H2,1-2H3. The largest absolute Gasteiger partial charge is 0.497 e. The number of benzene rings is 1. The fourth-order valence-corrected chi connectivity index (χ4v) is 2.20. The summed E-state index contributed by atoms with van der Waals surface area (Å²) < 4.78 is 5.04. The van der Waals surface area contributed by atoms with Crippen LogP contribution in [0.15, 0.2) is 24.3 Å². The van der Waals surface area contributed by atoms with E-state index >= 15 is 0 Å². The number of carbonyl (C=O) groups is 1. The molecule has 1 aliphatic rings. The first-order valence-electron chi connectivity index (χ1n) is 4.67. The third-order valence-electron chi connectivity index (χ3n) is 2.69. The molecule has 0 radical (unpaired) electrons. The van der Waals surface area contributed by atoms with Crippen LogP contribution in [0.1, 0.15) is 5.56 Å². The van der Waals surface area contributed by atoms with Crippen LogP contribution in [0, 0.1) is 0 Å². The zero-order valence-electron chi connectivity index (χ0n) is 8.66. The zero-order valence-corrected chi connectivity index (χ0v) is 9.41.